The predicted molar refractivity (Wildman–Crippen MR) is 91.7 cm³/mol. The summed E-state index contributed by atoms with van der Waals surface area (Å²) in [7, 11) is 3.94. The first-order chi connectivity index (χ1) is 10.0. The van der Waals surface area contributed by atoms with E-state index in [2.05, 4.69) is 17.2 Å². The van der Waals surface area contributed by atoms with Crippen molar-refractivity contribution in [1.29, 1.82) is 0 Å². The zero-order chi connectivity index (χ0) is 15.4. The number of hydrogen-bond acceptors (Lipinski definition) is 3. The summed E-state index contributed by atoms with van der Waals surface area (Å²) in [6, 6.07) is 9.93. The Morgan fingerprint density at radius 3 is 2.43 bits per heavy atom. The Balaban J connectivity index is 2.16. The van der Waals surface area contributed by atoms with Crippen LogP contribution in [-0.2, 0) is 0 Å². The summed E-state index contributed by atoms with van der Waals surface area (Å²) in [5.74, 6) is 0.933. The lowest BCUT2D eigenvalue weighted by molar-refractivity contribution is 0.749. The first-order valence-corrected chi connectivity index (χ1v) is 7.61. The zero-order valence-electron chi connectivity index (χ0n) is 12.4. The topological polar surface area (TPSA) is 28.2 Å². The summed E-state index contributed by atoms with van der Waals surface area (Å²) in [6.07, 6.45) is 2.78. The minimum atomic E-state index is 0.173. The van der Waals surface area contributed by atoms with Gasteiger partial charge >= 0.3 is 0 Å². The molecule has 1 unspecified atom stereocenters. The molecule has 2 aromatic rings. The minimum absolute atomic E-state index is 0.173. The van der Waals surface area contributed by atoms with Gasteiger partial charge in [0, 0.05) is 14.1 Å². The molecule has 21 heavy (non-hydrogen) atoms. The van der Waals surface area contributed by atoms with E-state index in [0.717, 1.165) is 23.5 Å². The van der Waals surface area contributed by atoms with Gasteiger partial charge < -0.3 is 10.2 Å². The lowest BCUT2D eigenvalue weighted by atomic mass is 10.0. The summed E-state index contributed by atoms with van der Waals surface area (Å²) in [5.41, 5.74) is 2.10. The van der Waals surface area contributed by atoms with Gasteiger partial charge in [0.15, 0.2) is 0 Å². The highest BCUT2D eigenvalue weighted by Gasteiger charge is 2.11. The second kappa shape index (κ2) is 7.01. The van der Waals surface area contributed by atoms with Gasteiger partial charge in [0.1, 0.15) is 5.82 Å². The van der Waals surface area contributed by atoms with Crippen molar-refractivity contribution in [3.05, 3.63) is 52.1 Å². The number of halogens is 2. The second-order valence-corrected chi connectivity index (χ2v) is 5.89. The average Bonchev–Trinajstić information content (AvgIpc) is 2.48. The van der Waals surface area contributed by atoms with Gasteiger partial charge in [0.25, 0.3) is 0 Å². The number of benzene rings is 1. The van der Waals surface area contributed by atoms with Crippen LogP contribution in [0.25, 0.3) is 0 Å². The molecular formula is C16H19Cl2N3. The zero-order valence-corrected chi connectivity index (χ0v) is 13.9. The third-order valence-corrected chi connectivity index (χ3v) is 4.04. The van der Waals surface area contributed by atoms with Crippen LogP contribution < -0.4 is 10.2 Å². The quantitative estimate of drug-likeness (QED) is 0.837. The van der Waals surface area contributed by atoms with E-state index in [-0.39, 0.29) is 6.04 Å². The van der Waals surface area contributed by atoms with Crippen LogP contribution in [0.15, 0.2) is 36.5 Å². The van der Waals surface area contributed by atoms with Gasteiger partial charge in [-0.1, -0.05) is 36.2 Å². The standard InChI is InChI=1S/C16H19Cl2N3/c1-4-15(11-5-7-13(17)14(18)9-11)20-12-6-8-16(19-10-12)21(2)3/h5-10,15,20H,4H2,1-3H3. The van der Waals surface area contributed by atoms with Crippen LogP contribution in [-0.4, -0.2) is 19.1 Å². The lowest BCUT2D eigenvalue weighted by Gasteiger charge is -2.20. The molecule has 112 valence electrons. The molecule has 2 rings (SSSR count). The molecule has 0 saturated carbocycles. The van der Waals surface area contributed by atoms with Crippen LogP contribution in [0.3, 0.4) is 0 Å². The van der Waals surface area contributed by atoms with E-state index < -0.39 is 0 Å². The molecular weight excluding hydrogens is 305 g/mol. The molecule has 0 amide bonds. The van der Waals surface area contributed by atoms with Crippen LogP contribution >= 0.6 is 23.2 Å². The molecule has 1 N–H and O–H groups in total. The largest absolute Gasteiger partial charge is 0.377 e. The van der Waals surface area contributed by atoms with E-state index in [4.69, 9.17) is 23.2 Å². The van der Waals surface area contributed by atoms with Gasteiger partial charge in [-0.15, -0.1) is 0 Å². The molecule has 1 aromatic carbocycles. The number of pyridine rings is 1. The van der Waals surface area contributed by atoms with Crippen LogP contribution in [0.4, 0.5) is 11.5 Å². The van der Waals surface area contributed by atoms with Crippen molar-refractivity contribution in [2.45, 2.75) is 19.4 Å². The Morgan fingerprint density at radius 1 is 1.14 bits per heavy atom. The highest BCUT2D eigenvalue weighted by molar-refractivity contribution is 6.42. The number of hydrogen-bond donors (Lipinski definition) is 1. The molecule has 0 aliphatic carbocycles. The molecule has 0 aliphatic heterocycles. The summed E-state index contributed by atoms with van der Waals surface area (Å²) >= 11 is 12.1. The molecule has 1 aromatic heterocycles. The molecule has 1 heterocycles. The first kappa shape index (κ1) is 15.9. The Hall–Kier alpha value is -1.45. The predicted octanol–water partition coefficient (Wildman–Crippen LogP) is 5.02. The van der Waals surface area contributed by atoms with E-state index in [1.54, 1.807) is 0 Å². The Morgan fingerprint density at radius 2 is 1.90 bits per heavy atom. The molecule has 1 atom stereocenters. The van der Waals surface area contributed by atoms with E-state index in [0.29, 0.717) is 10.0 Å². The third-order valence-electron chi connectivity index (χ3n) is 3.30. The molecule has 0 aliphatic rings. The van der Waals surface area contributed by atoms with E-state index in [9.17, 15) is 0 Å². The van der Waals surface area contributed by atoms with Crippen molar-refractivity contribution >= 4 is 34.7 Å². The van der Waals surface area contributed by atoms with E-state index in [1.165, 1.54) is 0 Å². The molecule has 5 heteroatoms. The van der Waals surface area contributed by atoms with Crippen molar-refractivity contribution < 1.29 is 0 Å². The van der Waals surface area contributed by atoms with Gasteiger partial charge in [-0.2, -0.15) is 0 Å². The average molecular weight is 324 g/mol. The van der Waals surface area contributed by atoms with Gasteiger partial charge in [0.05, 0.1) is 28.0 Å². The molecule has 0 fully saturated rings. The van der Waals surface area contributed by atoms with Gasteiger partial charge in [0.2, 0.25) is 0 Å². The molecule has 0 saturated heterocycles. The van der Waals surface area contributed by atoms with Crippen molar-refractivity contribution in [2.24, 2.45) is 0 Å². The summed E-state index contributed by atoms with van der Waals surface area (Å²) in [4.78, 5) is 6.38. The number of rotatable bonds is 5. The highest BCUT2D eigenvalue weighted by atomic mass is 35.5. The number of aromatic nitrogens is 1. The second-order valence-electron chi connectivity index (χ2n) is 5.08. The fourth-order valence-corrected chi connectivity index (χ4v) is 2.39. The molecule has 0 bridgehead atoms. The Bertz CT molecular complexity index is 597. The molecule has 3 nitrogen and oxygen atoms in total. The van der Waals surface area contributed by atoms with Crippen molar-refractivity contribution in [3.8, 4) is 0 Å². The van der Waals surface area contributed by atoms with Gasteiger partial charge in [-0.05, 0) is 36.2 Å². The third kappa shape index (κ3) is 4.02. The van der Waals surface area contributed by atoms with Crippen LogP contribution in [0.1, 0.15) is 24.9 Å². The minimum Gasteiger partial charge on any atom is -0.377 e. The summed E-state index contributed by atoms with van der Waals surface area (Å²) < 4.78 is 0. The summed E-state index contributed by atoms with van der Waals surface area (Å²) in [6.45, 7) is 2.13. The Kier molecular flexibility index (Phi) is 5.32. The fourth-order valence-electron chi connectivity index (χ4n) is 2.09. The van der Waals surface area contributed by atoms with E-state index >= 15 is 0 Å². The smallest absolute Gasteiger partial charge is 0.128 e. The SMILES string of the molecule is CCC(Nc1ccc(N(C)C)nc1)c1ccc(Cl)c(Cl)c1. The van der Waals surface area contributed by atoms with Gasteiger partial charge in [-0.3, -0.25) is 0 Å². The lowest BCUT2D eigenvalue weighted by Crippen LogP contribution is -2.12. The van der Waals surface area contributed by atoms with Crippen LogP contribution in [0, 0.1) is 0 Å². The maximum atomic E-state index is 6.10. The van der Waals surface area contributed by atoms with Crippen LogP contribution in [0.2, 0.25) is 10.0 Å². The van der Waals surface area contributed by atoms with Crippen LogP contribution in [0.5, 0.6) is 0 Å². The van der Waals surface area contributed by atoms with Crippen molar-refractivity contribution in [2.75, 3.05) is 24.3 Å². The maximum Gasteiger partial charge on any atom is 0.128 e. The maximum absolute atomic E-state index is 6.10. The first-order valence-electron chi connectivity index (χ1n) is 6.86. The monoisotopic (exact) mass is 323 g/mol. The summed E-state index contributed by atoms with van der Waals surface area (Å²) in [5, 5.41) is 4.63. The number of nitrogens with zero attached hydrogens (tertiary/aromatic N) is 2. The van der Waals surface area contributed by atoms with Gasteiger partial charge in [-0.25, -0.2) is 4.98 Å². The molecule has 0 spiro atoms. The normalized spacial score (nSPS) is 12.0. The Labute approximate surface area is 135 Å². The highest BCUT2D eigenvalue weighted by Crippen LogP contribution is 2.29. The number of nitrogens with one attached hydrogen (secondary N) is 1. The van der Waals surface area contributed by atoms with Crippen molar-refractivity contribution in [3.63, 3.8) is 0 Å². The fraction of sp³-hybridized carbons (Fsp3) is 0.312. The van der Waals surface area contributed by atoms with Crippen molar-refractivity contribution in [1.82, 2.24) is 4.98 Å². The molecule has 0 radical (unpaired) electrons. The number of anilines is 2. The van der Waals surface area contributed by atoms with E-state index in [1.807, 2.05) is 55.5 Å².